The van der Waals surface area contributed by atoms with E-state index in [-0.39, 0.29) is 6.10 Å². The Balaban J connectivity index is 0.000000358. The molecule has 0 bridgehead atoms. The molecule has 0 N–H and O–H groups in total. The fourth-order valence-corrected chi connectivity index (χ4v) is 10.1. The Labute approximate surface area is 298 Å². The van der Waals surface area contributed by atoms with Gasteiger partial charge in [-0.25, -0.2) is 0 Å². The van der Waals surface area contributed by atoms with E-state index < -0.39 is 22.3 Å². The van der Waals surface area contributed by atoms with Gasteiger partial charge in [0.15, 0.2) is 0 Å². The van der Waals surface area contributed by atoms with Crippen LogP contribution >= 0.6 is 19.4 Å². The van der Waals surface area contributed by atoms with Crippen molar-refractivity contribution in [2.24, 2.45) is 0 Å². The first-order chi connectivity index (χ1) is 22.3. The number of para-hydroxylation sites is 1. The number of aryl methyl sites for hydroxylation is 6. The molecule has 1 saturated heterocycles. The third-order valence-electron chi connectivity index (χ3n) is 8.02. The normalized spacial score (nSPS) is 13.5. The van der Waals surface area contributed by atoms with E-state index in [9.17, 15) is 0 Å². The Hall–Kier alpha value is -1.77. The number of hydrogen-bond acceptors (Lipinski definition) is 6. The second kappa shape index (κ2) is 18.8. The summed E-state index contributed by atoms with van der Waals surface area (Å²) in [4.78, 5) is 4.82. The summed E-state index contributed by atoms with van der Waals surface area (Å²) >= 11 is -1.77. The van der Waals surface area contributed by atoms with Crippen LogP contribution in [0.5, 0.6) is 5.75 Å². The maximum Gasteiger partial charge on any atom is 0.500 e. The van der Waals surface area contributed by atoms with Gasteiger partial charge in [0.2, 0.25) is 0 Å². The molecule has 0 radical (unpaired) electrons. The smallest absolute Gasteiger partial charge is 0.500 e. The van der Waals surface area contributed by atoms with Crippen LogP contribution in [0.1, 0.15) is 66.1 Å². The number of ether oxygens (including phenoxy) is 1. The SMILES string of the molecule is CC(C)Oc1ccccc1[CH]=[Ru]([Cl])[Cl].CCO[Si](CCCc1cc(C)c(N2[CH-]N(c3c(C)cc(C)cc3C)CC2)c(C)c1)(OC)OC. The van der Waals surface area contributed by atoms with Crippen molar-refractivity contribution in [3.8, 4) is 5.75 Å². The van der Waals surface area contributed by atoms with Crippen LogP contribution in [0.2, 0.25) is 6.04 Å². The largest absolute Gasteiger partial charge is 0.502 e. The number of hydrogen-bond donors (Lipinski definition) is 0. The molecule has 0 amide bonds. The zero-order chi connectivity index (χ0) is 34.7. The summed E-state index contributed by atoms with van der Waals surface area (Å²) in [5.41, 5.74) is 11.7. The van der Waals surface area contributed by atoms with Crippen molar-refractivity contribution in [3.63, 3.8) is 0 Å². The molecule has 10 heteroatoms. The van der Waals surface area contributed by atoms with Crippen molar-refractivity contribution >= 4 is 44.2 Å². The topological polar surface area (TPSA) is 43.4 Å². The standard InChI is InChI=1S/C27H41N2O3Si.C10H12O.2ClH.Ru/c1-9-32-33(30-7,31-8)14-10-11-25-17-23(5)27(24(6)18-25)29-13-12-28(19-29)26-21(3)15-20(2)16-22(26)4;1-8(2)11-10-7-5-4-6-9(10)3;;;/h15-19H,9-14H2,1-8H3;3-8H,1-2H3;2*1H;/q-1;;;;+2/p-2. The Kier molecular flexibility index (Phi) is 15.9. The van der Waals surface area contributed by atoms with Gasteiger partial charge in [-0.2, -0.15) is 6.67 Å². The molecule has 3 aromatic rings. The monoisotopic (exact) mass is 789 g/mol. The first kappa shape index (κ1) is 39.7. The fraction of sp³-hybridized carbons (Fsp3) is 0.459. The number of anilines is 2. The van der Waals surface area contributed by atoms with E-state index in [4.69, 9.17) is 37.4 Å². The van der Waals surface area contributed by atoms with Gasteiger partial charge in [0.25, 0.3) is 0 Å². The van der Waals surface area contributed by atoms with E-state index in [1.165, 1.54) is 44.8 Å². The predicted octanol–water partition coefficient (Wildman–Crippen LogP) is 9.43. The van der Waals surface area contributed by atoms with Crippen LogP contribution in [0.4, 0.5) is 11.4 Å². The maximum absolute atomic E-state index is 5.85. The van der Waals surface area contributed by atoms with Crippen LogP contribution in [0.3, 0.4) is 0 Å². The second-order valence-electron chi connectivity index (χ2n) is 12.2. The number of benzene rings is 3. The van der Waals surface area contributed by atoms with E-state index in [0.29, 0.717) is 6.61 Å². The molecule has 0 atom stereocenters. The molecule has 1 aliphatic heterocycles. The van der Waals surface area contributed by atoms with Gasteiger partial charge < -0.3 is 23.1 Å². The number of halogens is 2. The van der Waals surface area contributed by atoms with Gasteiger partial charge in [-0.1, -0.05) is 29.8 Å². The van der Waals surface area contributed by atoms with Crippen molar-refractivity contribution in [1.29, 1.82) is 0 Å². The van der Waals surface area contributed by atoms with Crippen LogP contribution in [-0.4, -0.2) is 53.4 Å². The van der Waals surface area contributed by atoms with Crippen LogP contribution in [0, 0.1) is 41.3 Å². The van der Waals surface area contributed by atoms with Gasteiger partial charge in [0.05, 0.1) is 0 Å². The molecule has 1 fully saturated rings. The molecular formula is C37H53Cl2N2O4RuSi-. The molecule has 0 spiro atoms. The van der Waals surface area contributed by atoms with Crippen molar-refractivity contribution in [1.82, 2.24) is 0 Å². The van der Waals surface area contributed by atoms with Crippen LogP contribution in [0.15, 0.2) is 48.5 Å². The summed E-state index contributed by atoms with van der Waals surface area (Å²) in [6.45, 7) is 21.9. The van der Waals surface area contributed by atoms with Gasteiger partial charge in [0.1, 0.15) is 0 Å². The third-order valence-corrected chi connectivity index (χ3v) is 12.8. The molecule has 1 aliphatic rings. The Morgan fingerprint density at radius 1 is 0.872 bits per heavy atom. The molecule has 6 nitrogen and oxygen atoms in total. The fourth-order valence-electron chi connectivity index (χ4n) is 6.32. The van der Waals surface area contributed by atoms with E-state index in [1.807, 2.05) is 49.6 Å². The number of nitrogens with zero attached hydrogens (tertiary/aromatic N) is 2. The minimum atomic E-state index is -2.53. The summed E-state index contributed by atoms with van der Waals surface area (Å²) < 4.78 is 24.7. The van der Waals surface area contributed by atoms with E-state index >= 15 is 0 Å². The molecule has 262 valence electrons. The summed E-state index contributed by atoms with van der Waals surface area (Å²) in [5, 5.41) is 0. The van der Waals surface area contributed by atoms with Gasteiger partial charge >= 0.3 is 107 Å². The Morgan fingerprint density at radius 3 is 1.89 bits per heavy atom. The second-order valence-corrected chi connectivity index (χ2v) is 20.9. The van der Waals surface area contributed by atoms with E-state index in [1.54, 1.807) is 14.2 Å². The van der Waals surface area contributed by atoms with Crippen molar-refractivity contribution in [3.05, 3.63) is 94.1 Å². The van der Waals surface area contributed by atoms with Crippen LogP contribution in [-0.2, 0) is 33.2 Å². The molecule has 0 saturated carbocycles. The van der Waals surface area contributed by atoms with Gasteiger partial charge in [-0.05, 0) is 82.2 Å². The average Bonchev–Trinajstić information content (AvgIpc) is 3.45. The Morgan fingerprint density at radius 2 is 1.40 bits per heavy atom. The molecule has 1 heterocycles. The van der Waals surface area contributed by atoms with E-state index in [0.717, 1.165) is 43.3 Å². The molecule has 47 heavy (non-hydrogen) atoms. The minimum absolute atomic E-state index is 0.163. The zero-order valence-electron chi connectivity index (χ0n) is 29.7. The Bertz CT molecular complexity index is 1450. The average molecular weight is 790 g/mol. The molecule has 3 aromatic carbocycles. The van der Waals surface area contributed by atoms with Crippen LogP contribution < -0.4 is 14.5 Å². The van der Waals surface area contributed by atoms with Crippen LogP contribution in [0.25, 0.3) is 0 Å². The summed E-state index contributed by atoms with van der Waals surface area (Å²) in [6.07, 6.45) is 2.14. The van der Waals surface area contributed by atoms with E-state index in [2.05, 4.69) is 75.4 Å². The molecule has 0 aromatic heterocycles. The summed E-state index contributed by atoms with van der Waals surface area (Å²) in [6, 6.07) is 17.8. The molecule has 4 rings (SSSR count). The molecule has 0 unspecified atom stereocenters. The molecular weight excluding hydrogens is 736 g/mol. The summed E-state index contributed by atoms with van der Waals surface area (Å²) in [5.74, 6) is 0.850. The van der Waals surface area contributed by atoms with Gasteiger partial charge in [0, 0.05) is 51.3 Å². The van der Waals surface area contributed by atoms with Crippen molar-refractivity contribution < 1.29 is 31.5 Å². The molecule has 0 aliphatic carbocycles. The number of rotatable bonds is 13. The maximum atomic E-state index is 5.85. The van der Waals surface area contributed by atoms with Gasteiger partial charge in [-0.15, -0.1) is 0 Å². The van der Waals surface area contributed by atoms with Crippen molar-refractivity contribution in [2.75, 3.05) is 43.7 Å². The summed E-state index contributed by atoms with van der Waals surface area (Å²) in [7, 11) is 12.5. The minimum Gasteiger partial charge on any atom is -0.502 e. The van der Waals surface area contributed by atoms with Crippen molar-refractivity contribution in [2.45, 2.75) is 80.4 Å². The predicted molar refractivity (Wildman–Crippen MR) is 199 cm³/mol. The quantitative estimate of drug-likeness (QED) is 0.127. The van der Waals surface area contributed by atoms with Gasteiger partial charge in [-0.3, -0.25) is 0 Å². The third kappa shape index (κ3) is 11.4. The first-order valence-corrected chi connectivity index (χ1v) is 23.6. The first-order valence-electron chi connectivity index (χ1n) is 16.2. The zero-order valence-corrected chi connectivity index (χ0v) is 34.0.